The molecule has 0 bridgehead atoms. The molecule has 3 heterocycles. The van der Waals surface area contributed by atoms with E-state index in [1.807, 2.05) is 17.2 Å². The fourth-order valence-electron chi connectivity index (χ4n) is 4.35. The third-order valence-corrected chi connectivity index (χ3v) is 6.02. The van der Waals surface area contributed by atoms with E-state index in [2.05, 4.69) is 15.7 Å². The van der Waals surface area contributed by atoms with Crippen molar-refractivity contribution in [3.05, 3.63) is 48.5 Å². The molecule has 1 aromatic carbocycles. The van der Waals surface area contributed by atoms with Crippen molar-refractivity contribution in [2.24, 2.45) is 5.92 Å². The minimum absolute atomic E-state index is 0. The van der Waals surface area contributed by atoms with E-state index < -0.39 is 5.54 Å². The fourth-order valence-corrected chi connectivity index (χ4v) is 4.35. The minimum Gasteiger partial charge on any atom is -0.341 e. The summed E-state index contributed by atoms with van der Waals surface area (Å²) in [6.07, 6.45) is 6.17. The molecule has 1 aromatic heterocycles. The van der Waals surface area contributed by atoms with Crippen LogP contribution in [-0.2, 0) is 15.1 Å². The number of benzene rings is 1. The second-order valence-electron chi connectivity index (χ2n) is 7.80. The van der Waals surface area contributed by atoms with Crippen molar-refractivity contribution in [1.82, 2.24) is 20.0 Å². The number of halogens is 2. The molecule has 7 nitrogen and oxygen atoms in total. The van der Waals surface area contributed by atoms with E-state index in [4.69, 9.17) is 0 Å². The maximum Gasteiger partial charge on any atom is 0.250 e. The molecular formula is C21H27ClFN5O2. The Kier molecular flexibility index (Phi) is 7.10. The predicted molar refractivity (Wildman–Crippen MR) is 114 cm³/mol. The van der Waals surface area contributed by atoms with Crippen LogP contribution in [0.5, 0.6) is 0 Å². The van der Waals surface area contributed by atoms with Crippen LogP contribution in [0.4, 0.5) is 10.1 Å². The molecule has 0 radical (unpaired) electrons. The summed E-state index contributed by atoms with van der Waals surface area (Å²) in [6, 6.07) is 7.74. The number of amides is 2. The molecule has 9 heteroatoms. The van der Waals surface area contributed by atoms with Crippen LogP contribution in [0.3, 0.4) is 0 Å². The highest BCUT2D eigenvalue weighted by Crippen LogP contribution is 2.31. The molecule has 0 spiro atoms. The van der Waals surface area contributed by atoms with E-state index in [9.17, 15) is 14.0 Å². The highest BCUT2D eigenvalue weighted by molar-refractivity contribution is 5.93. The summed E-state index contributed by atoms with van der Waals surface area (Å²) >= 11 is 0. The van der Waals surface area contributed by atoms with Crippen molar-refractivity contribution in [2.75, 3.05) is 31.5 Å². The first-order valence-electron chi connectivity index (χ1n) is 10.2. The smallest absolute Gasteiger partial charge is 0.250 e. The zero-order valence-electron chi connectivity index (χ0n) is 16.7. The third-order valence-electron chi connectivity index (χ3n) is 6.02. The molecule has 2 fully saturated rings. The Balaban J connectivity index is 0.00000256. The Morgan fingerprint density at radius 2 is 1.90 bits per heavy atom. The van der Waals surface area contributed by atoms with Crippen molar-refractivity contribution >= 4 is 29.9 Å². The summed E-state index contributed by atoms with van der Waals surface area (Å²) in [6.45, 7) is 2.63. The Hall–Kier alpha value is -2.45. The van der Waals surface area contributed by atoms with Crippen LogP contribution in [0.25, 0.3) is 0 Å². The molecule has 0 atom stereocenters. The normalized spacial score (nSPS) is 19.0. The van der Waals surface area contributed by atoms with Gasteiger partial charge in [0.15, 0.2) is 0 Å². The van der Waals surface area contributed by atoms with E-state index in [1.165, 1.54) is 12.1 Å². The van der Waals surface area contributed by atoms with Gasteiger partial charge in [-0.3, -0.25) is 14.3 Å². The summed E-state index contributed by atoms with van der Waals surface area (Å²) in [5.41, 5.74) is -0.188. The van der Waals surface area contributed by atoms with E-state index in [0.717, 1.165) is 13.1 Å². The summed E-state index contributed by atoms with van der Waals surface area (Å²) < 4.78 is 15.1. The number of carbonyl (C=O) groups excluding carboxylic acids is 2. The average Bonchev–Trinajstić information content (AvgIpc) is 3.29. The first kappa shape index (κ1) is 22.2. The van der Waals surface area contributed by atoms with Crippen molar-refractivity contribution in [3.63, 3.8) is 0 Å². The second kappa shape index (κ2) is 9.57. The highest BCUT2D eigenvalue weighted by atomic mass is 35.5. The summed E-state index contributed by atoms with van der Waals surface area (Å²) in [7, 11) is 0. The lowest BCUT2D eigenvalue weighted by atomic mass is 9.85. The Labute approximate surface area is 181 Å². The molecule has 0 aliphatic carbocycles. The molecule has 4 rings (SSSR count). The molecule has 0 unspecified atom stereocenters. The van der Waals surface area contributed by atoms with Crippen molar-refractivity contribution in [1.29, 1.82) is 0 Å². The first-order chi connectivity index (χ1) is 14.1. The van der Waals surface area contributed by atoms with Gasteiger partial charge in [-0.25, -0.2) is 4.39 Å². The number of anilines is 1. The summed E-state index contributed by atoms with van der Waals surface area (Å²) in [5, 5.41) is 10.5. The van der Waals surface area contributed by atoms with E-state index in [0.29, 0.717) is 44.5 Å². The van der Waals surface area contributed by atoms with Crippen LogP contribution in [0.15, 0.2) is 42.7 Å². The second-order valence-corrected chi connectivity index (χ2v) is 7.80. The number of hydrogen-bond acceptors (Lipinski definition) is 4. The monoisotopic (exact) mass is 435 g/mol. The molecule has 2 aliphatic heterocycles. The molecule has 2 aliphatic rings. The molecule has 2 amide bonds. The van der Waals surface area contributed by atoms with Gasteiger partial charge >= 0.3 is 0 Å². The van der Waals surface area contributed by atoms with Crippen LogP contribution in [0, 0.1) is 11.7 Å². The van der Waals surface area contributed by atoms with Crippen molar-refractivity contribution in [3.8, 4) is 0 Å². The maximum atomic E-state index is 13.5. The largest absolute Gasteiger partial charge is 0.341 e. The van der Waals surface area contributed by atoms with Gasteiger partial charge in [-0.05, 0) is 63.0 Å². The number of carbonyl (C=O) groups is 2. The zero-order valence-corrected chi connectivity index (χ0v) is 17.5. The molecule has 2 N–H and O–H groups in total. The lowest BCUT2D eigenvalue weighted by Gasteiger charge is -2.42. The number of aromatic nitrogens is 2. The zero-order chi connectivity index (χ0) is 20.3. The van der Waals surface area contributed by atoms with Crippen LogP contribution >= 0.6 is 12.4 Å². The standard InChI is InChI=1S/C21H26FN5O2.ClH/c22-17-3-1-4-18(15-17)25-19(28)16-5-13-26(14-6-16)20(29)21(7-10-23-11-8-21)27-12-2-9-24-27;/h1-4,9,12,15-16,23H,5-8,10-11,13-14H2,(H,25,28);1H. The highest BCUT2D eigenvalue weighted by Gasteiger charge is 2.45. The number of rotatable bonds is 4. The lowest BCUT2D eigenvalue weighted by molar-refractivity contribution is -0.145. The van der Waals surface area contributed by atoms with Gasteiger partial charge < -0.3 is 15.5 Å². The Bertz CT molecular complexity index is 862. The first-order valence-corrected chi connectivity index (χ1v) is 10.2. The van der Waals surface area contributed by atoms with E-state index >= 15 is 0 Å². The van der Waals surface area contributed by atoms with Gasteiger partial charge in [-0.15, -0.1) is 12.4 Å². The number of nitrogens with one attached hydrogen (secondary N) is 2. The lowest BCUT2D eigenvalue weighted by Crippen LogP contribution is -2.57. The van der Waals surface area contributed by atoms with Crippen LogP contribution in [0.1, 0.15) is 25.7 Å². The third kappa shape index (κ3) is 4.49. The fraction of sp³-hybridized carbons (Fsp3) is 0.476. The number of piperidine rings is 2. The summed E-state index contributed by atoms with van der Waals surface area (Å²) in [5.74, 6) is -0.594. The Morgan fingerprint density at radius 3 is 2.53 bits per heavy atom. The molecule has 0 saturated carbocycles. The van der Waals surface area contributed by atoms with Crippen LogP contribution in [0.2, 0.25) is 0 Å². The van der Waals surface area contributed by atoms with Gasteiger partial charge in [0, 0.05) is 37.1 Å². The SMILES string of the molecule is Cl.O=C(Nc1cccc(F)c1)C1CCN(C(=O)C2(n3cccn3)CCNCC2)CC1. The van der Waals surface area contributed by atoms with Gasteiger partial charge in [0.25, 0.3) is 5.91 Å². The quantitative estimate of drug-likeness (QED) is 0.773. The Morgan fingerprint density at radius 1 is 1.17 bits per heavy atom. The van der Waals surface area contributed by atoms with Gasteiger partial charge in [0.2, 0.25) is 5.91 Å². The maximum absolute atomic E-state index is 13.5. The number of nitrogens with zero attached hydrogens (tertiary/aromatic N) is 3. The number of hydrogen-bond donors (Lipinski definition) is 2. The molecule has 2 aromatic rings. The van der Waals surface area contributed by atoms with Crippen molar-refractivity contribution in [2.45, 2.75) is 31.2 Å². The van der Waals surface area contributed by atoms with Crippen LogP contribution < -0.4 is 10.6 Å². The van der Waals surface area contributed by atoms with Gasteiger partial charge in [0.05, 0.1) is 0 Å². The topological polar surface area (TPSA) is 79.3 Å². The summed E-state index contributed by atoms with van der Waals surface area (Å²) in [4.78, 5) is 27.9. The minimum atomic E-state index is -0.647. The predicted octanol–water partition coefficient (Wildman–Crippen LogP) is 2.40. The molecule has 30 heavy (non-hydrogen) atoms. The number of likely N-dealkylation sites (tertiary alicyclic amines) is 1. The molecular weight excluding hydrogens is 409 g/mol. The molecule has 162 valence electrons. The molecule has 2 saturated heterocycles. The van der Waals surface area contributed by atoms with Gasteiger partial charge in [-0.1, -0.05) is 6.07 Å². The van der Waals surface area contributed by atoms with Gasteiger partial charge in [0.1, 0.15) is 11.4 Å². The average molecular weight is 436 g/mol. The van der Waals surface area contributed by atoms with Crippen LogP contribution in [-0.4, -0.2) is 52.7 Å². The van der Waals surface area contributed by atoms with E-state index in [1.54, 1.807) is 23.0 Å². The van der Waals surface area contributed by atoms with Crippen molar-refractivity contribution < 1.29 is 14.0 Å². The van der Waals surface area contributed by atoms with Gasteiger partial charge in [-0.2, -0.15) is 5.10 Å². The van der Waals surface area contributed by atoms with E-state index in [-0.39, 0.29) is 36.0 Å².